The second kappa shape index (κ2) is 10.8. The molecular formula is C21H17F7O6. The number of aromatic carboxylic acids is 1. The highest BCUT2D eigenvalue weighted by Gasteiger charge is 2.35. The molecule has 1 aliphatic rings. The summed E-state index contributed by atoms with van der Waals surface area (Å²) in [5, 5.41) is 17.4. The van der Waals surface area contributed by atoms with Gasteiger partial charge in [0.2, 0.25) is 0 Å². The summed E-state index contributed by atoms with van der Waals surface area (Å²) in [4.78, 5) is 21.9. The van der Waals surface area contributed by atoms with Crippen molar-refractivity contribution in [2.24, 2.45) is 0 Å². The number of aliphatic hydroxyl groups excluding tert-OH is 1. The molecule has 3 rings (SSSR count). The molecule has 0 aliphatic carbocycles. The van der Waals surface area contributed by atoms with Crippen LogP contribution in [-0.4, -0.2) is 47.3 Å². The van der Waals surface area contributed by atoms with Gasteiger partial charge < -0.3 is 19.7 Å². The fourth-order valence-electron chi connectivity index (χ4n) is 2.66. The topological polar surface area (TPSA) is 93.1 Å². The van der Waals surface area contributed by atoms with Crippen LogP contribution in [0.25, 0.3) is 0 Å². The van der Waals surface area contributed by atoms with Crippen LogP contribution in [0.4, 0.5) is 30.7 Å². The lowest BCUT2D eigenvalue weighted by atomic mass is 10.1. The summed E-state index contributed by atoms with van der Waals surface area (Å²) < 4.78 is 95.5. The Morgan fingerprint density at radius 3 is 1.68 bits per heavy atom. The summed E-state index contributed by atoms with van der Waals surface area (Å²) in [7, 11) is 0. The molecule has 6 nitrogen and oxygen atoms in total. The van der Waals surface area contributed by atoms with Crippen molar-refractivity contribution < 1.29 is 60.0 Å². The Kier molecular flexibility index (Phi) is 8.61. The quantitative estimate of drug-likeness (QED) is 0.469. The van der Waals surface area contributed by atoms with Crippen molar-refractivity contribution in [1.82, 2.24) is 0 Å². The van der Waals surface area contributed by atoms with Crippen LogP contribution >= 0.6 is 0 Å². The standard InChI is InChI=1S/C13H12F4O4.C8H5F3O2/c14-10-5-9(21-12(10)19)6-20-11(18)7-1-3-8(4-2-7)13(15,16)17;9-8(10,11)6-3-1-5(2-4-6)7(12)13/h1-4,9-10,12,19H,5-6H2;1-4H,(H,12,13)/t9?,10-,12?;/m0./s1. The van der Waals surface area contributed by atoms with Crippen LogP contribution in [0.1, 0.15) is 38.3 Å². The van der Waals surface area contributed by atoms with E-state index in [0.29, 0.717) is 0 Å². The van der Waals surface area contributed by atoms with Crippen molar-refractivity contribution in [2.45, 2.75) is 37.3 Å². The zero-order valence-electron chi connectivity index (χ0n) is 16.9. The Labute approximate surface area is 187 Å². The van der Waals surface area contributed by atoms with Gasteiger partial charge in [-0.3, -0.25) is 0 Å². The van der Waals surface area contributed by atoms with Crippen LogP contribution in [0.15, 0.2) is 48.5 Å². The van der Waals surface area contributed by atoms with Gasteiger partial charge in [0.15, 0.2) is 12.5 Å². The lowest BCUT2D eigenvalue weighted by Crippen LogP contribution is -2.20. The van der Waals surface area contributed by atoms with Gasteiger partial charge in [-0.15, -0.1) is 0 Å². The van der Waals surface area contributed by atoms with Crippen molar-refractivity contribution in [3.63, 3.8) is 0 Å². The van der Waals surface area contributed by atoms with Crippen LogP contribution in [0, 0.1) is 0 Å². The molecule has 0 aromatic heterocycles. The number of halogens is 7. The van der Waals surface area contributed by atoms with Crippen LogP contribution in [0.5, 0.6) is 0 Å². The average Bonchev–Trinajstić information content (AvgIpc) is 3.08. The average molecular weight is 498 g/mol. The molecule has 2 unspecified atom stereocenters. The number of carbonyl (C=O) groups excluding carboxylic acids is 1. The van der Waals surface area contributed by atoms with Gasteiger partial charge in [0.25, 0.3) is 0 Å². The SMILES string of the molecule is O=C(O)c1ccc(C(F)(F)F)cc1.O=C(OCC1C[C@H](F)C(O)O1)c1ccc(C(F)(F)F)cc1. The molecule has 1 saturated heterocycles. The van der Waals surface area contributed by atoms with E-state index in [9.17, 15) is 40.3 Å². The molecule has 34 heavy (non-hydrogen) atoms. The molecule has 1 heterocycles. The minimum absolute atomic E-state index is 0.0571. The normalized spacial score (nSPS) is 20.3. The fraction of sp³-hybridized carbons (Fsp3) is 0.333. The maximum Gasteiger partial charge on any atom is 0.416 e. The molecule has 1 fully saturated rings. The van der Waals surface area contributed by atoms with Gasteiger partial charge in [-0.25, -0.2) is 14.0 Å². The van der Waals surface area contributed by atoms with E-state index in [2.05, 4.69) is 0 Å². The molecule has 2 N–H and O–H groups in total. The molecule has 13 heteroatoms. The lowest BCUT2D eigenvalue weighted by molar-refractivity contribution is -0.138. The molecule has 0 radical (unpaired) electrons. The first-order chi connectivity index (χ1) is 15.7. The summed E-state index contributed by atoms with van der Waals surface area (Å²) in [5.41, 5.74) is -1.94. The zero-order valence-corrected chi connectivity index (χ0v) is 16.9. The molecule has 0 saturated carbocycles. The predicted octanol–water partition coefficient (Wildman–Crippen LogP) is 4.71. The molecule has 2 aromatic carbocycles. The highest BCUT2D eigenvalue weighted by Crippen LogP contribution is 2.30. The monoisotopic (exact) mass is 498 g/mol. The Morgan fingerprint density at radius 2 is 1.32 bits per heavy atom. The lowest BCUT2D eigenvalue weighted by Gasteiger charge is -2.11. The van der Waals surface area contributed by atoms with Crippen LogP contribution in [0.2, 0.25) is 0 Å². The second-order valence-corrected chi connectivity index (χ2v) is 6.95. The highest BCUT2D eigenvalue weighted by molar-refractivity contribution is 5.89. The van der Waals surface area contributed by atoms with Crippen molar-refractivity contribution in [3.05, 3.63) is 70.8 Å². The van der Waals surface area contributed by atoms with Gasteiger partial charge in [0.1, 0.15) is 6.61 Å². The number of ether oxygens (including phenoxy) is 2. The van der Waals surface area contributed by atoms with Crippen LogP contribution in [0.3, 0.4) is 0 Å². The number of hydrogen-bond donors (Lipinski definition) is 2. The molecule has 0 bridgehead atoms. The van der Waals surface area contributed by atoms with E-state index < -0.39 is 54.0 Å². The zero-order chi connectivity index (χ0) is 25.7. The van der Waals surface area contributed by atoms with E-state index in [0.717, 1.165) is 48.5 Å². The number of alkyl halides is 7. The van der Waals surface area contributed by atoms with E-state index in [1.165, 1.54) is 0 Å². The van der Waals surface area contributed by atoms with Crippen molar-refractivity contribution in [1.29, 1.82) is 0 Å². The van der Waals surface area contributed by atoms with E-state index in [4.69, 9.17) is 19.7 Å². The van der Waals surface area contributed by atoms with E-state index >= 15 is 0 Å². The maximum atomic E-state index is 12.9. The van der Waals surface area contributed by atoms with Crippen LogP contribution < -0.4 is 0 Å². The smallest absolute Gasteiger partial charge is 0.416 e. The van der Waals surface area contributed by atoms with E-state index in [-0.39, 0.29) is 24.2 Å². The number of esters is 1. The number of aliphatic hydroxyl groups is 1. The Bertz CT molecular complexity index is 961. The largest absolute Gasteiger partial charge is 0.478 e. The van der Waals surface area contributed by atoms with Gasteiger partial charge >= 0.3 is 24.3 Å². The Morgan fingerprint density at radius 1 is 0.882 bits per heavy atom. The van der Waals surface area contributed by atoms with E-state index in [1.807, 2.05) is 0 Å². The van der Waals surface area contributed by atoms with Gasteiger partial charge in [-0.05, 0) is 48.5 Å². The molecule has 2 aromatic rings. The van der Waals surface area contributed by atoms with E-state index in [1.54, 1.807) is 0 Å². The second-order valence-electron chi connectivity index (χ2n) is 6.95. The molecule has 0 amide bonds. The van der Waals surface area contributed by atoms with Crippen molar-refractivity contribution in [3.8, 4) is 0 Å². The number of rotatable bonds is 4. The van der Waals surface area contributed by atoms with Gasteiger partial charge in [0, 0.05) is 6.42 Å². The third kappa shape index (κ3) is 7.70. The predicted molar refractivity (Wildman–Crippen MR) is 101 cm³/mol. The van der Waals surface area contributed by atoms with Crippen molar-refractivity contribution in [2.75, 3.05) is 6.61 Å². The number of carboxylic acids is 1. The third-order valence-corrected chi connectivity index (χ3v) is 4.44. The summed E-state index contributed by atoms with van der Waals surface area (Å²) in [5.74, 6) is -2.09. The molecule has 186 valence electrons. The maximum absolute atomic E-state index is 12.9. The Balaban J connectivity index is 0.000000270. The highest BCUT2D eigenvalue weighted by atomic mass is 19.4. The summed E-state index contributed by atoms with van der Waals surface area (Å²) in [6.07, 6.45) is -12.9. The number of carbonyl (C=O) groups is 2. The molecular weight excluding hydrogens is 481 g/mol. The molecule has 1 aliphatic heterocycles. The third-order valence-electron chi connectivity index (χ3n) is 4.44. The Hall–Kier alpha value is -3.19. The first kappa shape index (κ1) is 27.1. The minimum atomic E-state index is -4.48. The minimum Gasteiger partial charge on any atom is -0.478 e. The number of carboxylic acid groups (broad SMARTS) is 1. The van der Waals surface area contributed by atoms with Gasteiger partial charge in [-0.2, -0.15) is 26.3 Å². The number of hydrogen-bond acceptors (Lipinski definition) is 5. The van der Waals surface area contributed by atoms with Gasteiger partial charge in [0.05, 0.1) is 28.4 Å². The summed E-state index contributed by atoms with van der Waals surface area (Å²) in [6.45, 7) is -0.280. The van der Waals surface area contributed by atoms with Crippen LogP contribution in [-0.2, 0) is 21.8 Å². The summed E-state index contributed by atoms with van der Waals surface area (Å²) >= 11 is 0. The molecule has 3 atom stereocenters. The first-order valence-corrected chi connectivity index (χ1v) is 9.41. The fourth-order valence-corrected chi connectivity index (χ4v) is 2.66. The molecule has 0 spiro atoms. The number of benzene rings is 2. The van der Waals surface area contributed by atoms with Gasteiger partial charge in [-0.1, -0.05) is 0 Å². The van der Waals surface area contributed by atoms with Crippen molar-refractivity contribution >= 4 is 11.9 Å². The summed E-state index contributed by atoms with van der Waals surface area (Å²) in [6, 6.07) is 6.85. The first-order valence-electron chi connectivity index (χ1n) is 9.41.